The highest BCUT2D eigenvalue weighted by atomic mass is 35.5. The molecule has 2 aromatic carbocycles. The highest BCUT2D eigenvalue weighted by molar-refractivity contribution is 7.91. The number of nitriles is 1. The maximum absolute atomic E-state index is 13.5. The Morgan fingerprint density at radius 2 is 1.79 bits per heavy atom. The molecule has 13 heteroatoms. The molecule has 0 amide bonds. The molecule has 0 aliphatic carbocycles. The lowest BCUT2D eigenvalue weighted by Crippen LogP contribution is -2.40. The standard InChI is InChI=1S/C34H39ClFN7O3S/c1-23-24(3-5-31-29(23)18-27(19-37)43(31)16-15-41-13-9-28(10-14-41)47(2,44)45)21-42-11-7-26(8-12-42)40-34-33(20-38-22-39-34)46-32-6-4-25(36)17-30(32)35/h3-6,17-18,20,22,26,28H,7-16,21H2,1-2H3,(H,38,39,40). The zero-order valence-electron chi connectivity index (χ0n) is 26.6. The Morgan fingerprint density at radius 3 is 2.49 bits per heavy atom. The first kappa shape index (κ1) is 33.2. The molecule has 47 heavy (non-hydrogen) atoms. The molecule has 2 saturated heterocycles. The van der Waals surface area contributed by atoms with Crippen LogP contribution >= 0.6 is 11.6 Å². The third-order valence-electron chi connectivity index (χ3n) is 9.48. The molecular formula is C34H39ClFN7O3S. The Morgan fingerprint density at radius 1 is 1.04 bits per heavy atom. The molecule has 2 aromatic heterocycles. The predicted molar refractivity (Wildman–Crippen MR) is 181 cm³/mol. The van der Waals surface area contributed by atoms with Crippen LogP contribution in [0.4, 0.5) is 10.2 Å². The van der Waals surface area contributed by atoms with Crippen molar-refractivity contribution < 1.29 is 17.5 Å². The van der Waals surface area contributed by atoms with Gasteiger partial charge in [-0.2, -0.15) is 5.26 Å². The number of rotatable bonds is 10. The number of piperidine rings is 2. The maximum atomic E-state index is 13.5. The molecule has 0 radical (unpaired) electrons. The number of benzene rings is 2. The van der Waals surface area contributed by atoms with Crippen LogP contribution in [0.15, 0.2) is 48.9 Å². The largest absolute Gasteiger partial charge is 0.450 e. The van der Waals surface area contributed by atoms with Gasteiger partial charge < -0.3 is 19.5 Å². The van der Waals surface area contributed by atoms with Gasteiger partial charge in [0.1, 0.15) is 39.5 Å². The van der Waals surface area contributed by atoms with E-state index < -0.39 is 15.7 Å². The van der Waals surface area contributed by atoms with Crippen LogP contribution in [0.25, 0.3) is 10.9 Å². The van der Waals surface area contributed by atoms with Gasteiger partial charge in [-0.25, -0.2) is 22.8 Å². The van der Waals surface area contributed by atoms with Gasteiger partial charge in [-0.05, 0) is 87.2 Å². The fourth-order valence-corrected chi connectivity index (χ4v) is 7.95. The normalized spacial score (nSPS) is 17.2. The average molecular weight is 680 g/mol. The molecular weight excluding hydrogens is 641 g/mol. The van der Waals surface area contributed by atoms with Gasteiger partial charge in [0.05, 0.1) is 16.5 Å². The van der Waals surface area contributed by atoms with Crippen molar-refractivity contribution in [1.29, 1.82) is 5.26 Å². The summed E-state index contributed by atoms with van der Waals surface area (Å²) in [6.45, 7) is 7.74. The highest BCUT2D eigenvalue weighted by Gasteiger charge is 2.27. The lowest BCUT2D eigenvalue weighted by molar-refractivity contribution is 0.211. The van der Waals surface area contributed by atoms with Crippen LogP contribution < -0.4 is 10.1 Å². The number of aryl methyl sites for hydroxylation is 1. The number of likely N-dealkylation sites (tertiary alicyclic amines) is 2. The Labute approximate surface area is 280 Å². The Balaban J connectivity index is 1.06. The second-order valence-corrected chi connectivity index (χ2v) is 15.3. The molecule has 0 unspecified atom stereocenters. The number of sulfone groups is 1. The van der Waals surface area contributed by atoms with E-state index >= 15 is 0 Å². The molecule has 4 heterocycles. The lowest BCUT2D eigenvalue weighted by atomic mass is 10.0. The molecule has 0 saturated carbocycles. The van der Waals surface area contributed by atoms with Gasteiger partial charge in [-0.15, -0.1) is 0 Å². The molecule has 10 nitrogen and oxygen atoms in total. The molecule has 0 spiro atoms. The van der Waals surface area contributed by atoms with Gasteiger partial charge in [-0.3, -0.25) is 4.90 Å². The van der Waals surface area contributed by atoms with E-state index in [0.29, 0.717) is 42.4 Å². The number of fused-ring (bicyclic) bond motifs is 1. The fraction of sp³-hybridized carbons (Fsp3) is 0.441. The first-order valence-corrected chi connectivity index (χ1v) is 18.3. The number of ether oxygens (including phenoxy) is 1. The van der Waals surface area contributed by atoms with Crippen LogP contribution in [-0.4, -0.2) is 83.0 Å². The monoisotopic (exact) mass is 679 g/mol. The molecule has 0 atom stereocenters. The van der Waals surface area contributed by atoms with E-state index in [-0.39, 0.29) is 16.3 Å². The summed E-state index contributed by atoms with van der Waals surface area (Å²) in [6, 6.07) is 12.9. The number of hydrogen-bond donors (Lipinski definition) is 1. The van der Waals surface area contributed by atoms with Gasteiger partial charge >= 0.3 is 0 Å². The Hall–Kier alpha value is -3.76. The second kappa shape index (κ2) is 14.2. The van der Waals surface area contributed by atoms with Crippen LogP contribution in [0.3, 0.4) is 0 Å². The number of aromatic nitrogens is 3. The Kier molecular flexibility index (Phi) is 9.98. The number of nitrogens with one attached hydrogen (secondary N) is 1. The molecule has 1 N–H and O–H groups in total. The SMILES string of the molecule is Cc1c(CN2CCC(Nc3ncncc3Oc3ccc(F)cc3Cl)CC2)ccc2c1cc(C#N)n2CCN1CCC(S(C)(=O)=O)CC1. The van der Waals surface area contributed by atoms with E-state index in [0.717, 1.165) is 63.0 Å². The van der Waals surface area contributed by atoms with Gasteiger partial charge in [-0.1, -0.05) is 17.7 Å². The molecule has 2 fully saturated rings. The zero-order valence-corrected chi connectivity index (χ0v) is 28.2. The molecule has 2 aliphatic rings. The first-order chi connectivity index (χ1) is 22.6. The van der Waals surface area contributed by atoms with Gasteiger partial charge in [0.15, 0.2) is 11.6 Å². The third kappa shape index (κ3) is 7.70. The van der Waals surface area contributed by atoms with E-state index in [9.17, 15) is 18.1 Å². The maximum Gasteiger partial charge on any atom is 0.188 e. The van der Waals surface area contributed by atoms with Crippen molar-refractivity contribution in [2.24, 2.45) is 0 Å². The molecule has 0 bridgehead atoms. The zero-order chi connectivity index (χ0) is 33.1. The number of hydrogen-bond acceptors (Lipinski definition) is 9. The summed E-state index contributed by atoms with van der Waals surface area (Å²) in [5.41, 5.74) is 4.14. The van der Waals surface area contributed by atoms with Crippen molar-refractivity contribution in [2.75, 3.05) is 44.3 Å². The van der Waals surface area contributed by atoms with E-state index in [2.05, 4.69) is 54.8 Å². The van der Waals surface area contributed by atoms with Crippen molar-refractivity contribution in [2.45, 2.75) is 57.0 Å². The van der Waals surface area contributed by atoms with Gasteiger partial charge in [0, 0.05) is 55.9 Å². The summed E-state index contributed by atoms with van der Waals surface area (Å²) in [5, 5.41) is 14.5. The van der Waals surface area contributed by atoms with E-state index in [4.69, 9.17) is 16.3 Å². The van der Waals surface area contributed by atoms with Gasteiger partial charge in [0.25, 0.3) is 0 Å². The number of anilines is 1. The fourth-order valence-electron chi connectivity index (χ4n) is 6.67. The average Bonchev–Trinajstić information content (AvgIpc) is 3.42. The van der Waals surface area contributed by atoms with E-state index in [1.165, 1.54) is 41.9 Å². The van der Waals surface area contributed by atoms with Crippen molar-refractivity contribution in [1.82, 2.24) is 24.3 Å². The van der Waals surface area contributed by atoms with Crippen molar-refractivity contribution in [3.05, 3.63) is 76.6 Å². The Bertz CT molecular complexity index is 1900. The van der Waals surface area contributed by atoms with E-state index in [1.807, 2.05) is 6.07 Å². The van der Waals surface area contributed by atoms with Crippen molar-refractivity contribution in [3.63, 3.8) is 0 Å². The molecule has 2 aliphatic heterocycles. The minimum absolute atomic E-state index is 0.172. The number of halogens is 2. The summed E-state index contributed by atoms with van der Waals surface area (Å²) in [4.78, 5) is 13.2. The minimum Gasteiger partial charge on any atom is -0.450 e. The van der Waals surface area contributed by atoms with E-state index in [1.54, 1.807) is 6.20 Å². The quantitative estimate of drug-likeness (QED) is 0.223. The van der Waals surface area contributed by atoms with Crippen LogP contribution in [0.5, 0.6) is 11.5 Å². The van der Waals surface area contributed by atoms with Crippen molar-refractivity contribution >= 4 is 38.2 Å². The summed E-state index contributed by atoms with van der Waals surface area (Å²) >= 11 is 6.16. The van der Waals surface area contributed by atoms with Crippen LogP contribution in [-0.2, 0) is 22.9 Å². The van der Waals surface area contributed by atoms with Gasteiger partial charge in [0.2, 0.25) is 0 Å². The second-order valence-electron chi connectivity index (χ2n) is 12.6. The molecule has 6 rings (SSSR count). The summed E-state index contributed by atoms with van der Waals surface area (Å²) in [7, 11) is -3.00. The highest BCUT2D eigenvalue weighted by Crippen LogP contribution is 2.34. The molecule has 248 valence electrons. The smallest absolute Gasteiger partial charge is 0.188 e. The summed E-state index contributed by atoms with van der Waals surface area (Å²) in [5.74, 6) is 0.885. The summed E-state index contributed by atoms with van der Waals surface area (Å²) in [6.07, 6.45) is 7.51. The predicted octanol–water partition coefficient (Wildman–Crippen LogP) is 5.78. The van der Waals surface area contributed by atoms with Crippen LogP contribution in [0.1, 0.15) is 42.5 Å². The number of nitrogens with zero attached hydrogens (tertiary/aromatic N) is 6. The minimum atomic E-state index is -3.00. The van der Waals surface area contributed by atoms with Crippen LogP contribution in [0, 0.1) is 24.1 Å². The van der Waals surface area contributed by atoms with Crippen LogP contribution in [0.2, 0.25) is 5.02 Å². The topological polar surface area (TPSA) is 116 Å². The lowest BCUT2D eigenvalue weighted by Gasteiger charge is -2.33. The van der Waals surface area contributed by atoms with Crippen molar-refractivity contribution in [3.8, 4) is 17.6 Å². The third-order valence-corrected chi connectivity index (χ3v) is 11.5. The molecule has 4 aromatic rings. The summed E-state index contributed by atoms with van der Waals surface area (Å²) < 4.78 is 45.4. The first-order valence-electron chi connectivity index (χ1n) is 15.9.